The molecule has 2 unspecified atom stereocenters. The first-order valence-corrected chi connectivity index (χ1v) is 13.0. The minimum Gasteiger partial charge on any atom is -0.489 e. The monoisotopic (exact) mass is 487 g/mol. The number of allylic oxidation sites excluding steroid dienone is 2. The highest BCUT2D eigenvalue weighted by Gasteiger charge is 2.37. The molecule has 0 saturated heterocycles. The molecule has 0 saturated carbocycles. The van der Waals surface area contributed by atoms with Crippen LogP contribution in [0.2, 0.25) is 0 Å². The fraction of sp³-hybridized carbons (Fsp3) is 0.321. The summed E-state index contributed by atoms with van der Waals surface area (Å²) >= 11 is 1.56. The summed E-state index contributed by atoms with van der Waals surface area (Å²) < 4.78 is 5.94. The third kappa shape index (κ3) is 4.91. The van der Waals surface area contributed by atoms with Crippen LogP contribution in [-0.4, -0.2) is 21.0 Å². The van der Waals surface area contributed by atoms with Crippen LogP contribution in [-0.2, 0) is 11.4 Å². The lowest BCUT2D eigenvalue weighted by Crippen LogP contribution is -2.32. The number of thioether (sulfide) groups is 1. The van der Waals surface area contributed by atoms with Crippen molar-refractivity contribution in [3.05, 3.63) is 92.9 Å². The van der Waals surface area contributed by atoms with Crippen LogP contribution < -0.4 is 15.6 Å². The fourth-order valence-corrected chi connectivity index (χ4v) is 5.44. The van der Waals surface area contributed by atoms with E-state index in [4.69, 9.17) is 9.72 Å². The van der Waals surface area contributed by atoms with Gasteiger partial charge in [0.1, 0.15) is 18.2 Å². The van der Waals surface area contributed by atoms with E-state index in [1.807, 2.05) is 54.6 Å². The molecule has 1 aliphatic heterocycles. The number of H-pyrrole nitrogens is 1. The highest BCUT2D eigenvalue weighted by molar-refractivity contribution is 7.99. The number of aromatic amines is 1. The zero-order chi connectivity index (χ0) is 24.4. The van der Waals surface area contributed by atoms with Crippen LogP contribution in [0.15, 0.2) is 75.8 Å². The van der Waals surface area contributed by atoms with Crippen molar-refractivity contribution < 1.29 is 9.53 Å². The first kappa shape index (κ1) is 23.4. The third-order valence-corrected chi connectivity index (χ3v) is 7.74. The van der Waals surface area contributed by atoms with Gasteiger partial charge in [0.25, 0.3) is 5.56 Å². The predicted molar refractivity (Wildman–Crippen MR) is 139 cm³/mol. The Hall–Kier alpha value is -3.32. The van der Waals surface area contributed by atoms with Gasteiger partial charge in [0.05, 0.1) is 5.56 Å². The predicted octanol–water partition coefficient (Wildman–Crippen LogP) is 5.80. The summed E-state index contributed by atoms with van der Waals surface area (Å²) in [6.07, 6.45) is 3.05. The Morgan fingerprint density at radius 1 is 1.09 bits per heavy atom. The molecule has 6 nitrogen and oxygen atoms in total. The number of carbonyl (C=O) groups excluding carboxylic acids is 1. The standard InChI is InChI=1S/C28H29N3O3S/c1-3-17(2)35-28-30-26-25(27(33)31-28)23(24-21(29-26)10-7-11-22(24)32)19-12-14-20(15-13-19)34-16-18-8-5-4-6-9-18/h4-6,8-9,12-15,17,23H,3,7,10-11,16H2,1-2H3,(H2,29,30,31,33). The lowest BCUT2D eigenvalue weighted by molar-refractivity contribution is -0.116. The molecular formula is C28H29N3O3S. The van der Waals surface area contributed by atoms with Crippen molar-refractivity contribution in [1.82, 2.24) is 9.97 Å². The molecular weight excluding hydrogens is 458 g/mol. The van der Waals surface area contributed by atoms with E-state index in [2.05, 4.69) is 24.1 Å². The summed E-state index contributed by atoms with van der Waals surface area (Å²) in [5, 5.41) is 4.28. The number of nitrogens with zero attached hydrogens (tertiary/aromatic N) is 1. The first-order chi connectivity index (χ1) is 17.0. The van der Waals surface area contributed by atoms with E-state index in [-0.39, 0.29) is 11.3 Å². The maximum absolute atomic E-state index is 13.3. The molecule has 35 heavy (non-hydrogen) atoms. The largest absolute Gasteiger partial charge is 0.489 e. The SMILES string of the molecule is CCC(C)Sc1nc2c(c(=O)[nH]1)C(c1ccc(OCc3ccccc3)cc1)C1=C(CCCC1=O)N2. The maximum Gasteiger partial charge on any atom is 0.257 e. The Bertz CT molecular complexity index is 1320. The van der Waals surface area contributed by atoms with Crippen molar-refractivity contribution in [1.29, 1.82) is 0 Å². The number of rotatable bonds is 7. The Morgan fingerprint density at radius 3 is 2.60 bits per heavy atom. The van der Waals surface area contributed by atoms with Crippen LogP contribution in [0.3, 0.4) is 0 Å². The number of fused-ring (bicyclic) bond motifs is 1. The van der Waals surface area contributed by atoms with E-state index in [1.54, 1.807) is 11.8 Å². The number of benzene rings is 2. The number of aromatic nitrogens is 2. The number of ketones is 1. The molecule has 7 heteroatoms. The van der Waals surface area contributed by atoms with Crippen molar-refractivity contribution in [2.45, 2.75) is 62.5 Å². The summed E-state index contributed by atoms with van der Waals surface area (Å²) in [7, 11) is 0. The van der Waals surface area contributed by atoms with Gasteiger partial charge in [-0.05, 0) is 42.5 Å². The molecule has 2 atom stereocenters. The van der Waals surface area contributed by atoms with Gasteiger partial charge in [0.15, 0.2) is 10.9 Å². The zero-order valence-electron chi connectivity index (χ0n) is 20.0. The van der Waals surface area contributed by atoms with Gasteiger partial charge in [-0.2, -0.15) is 0 Å². The van der Waals surface area contributed by atoms with E-state index in [1.165, 1.54) is 0 Å². The molecule has 0 bridgehead atoms. The molecule has 180 valence electrons. The Kier molecular flexibility index (Phi) is 6.77. The summed E-state index contributed by atoms with van der Waals surface area (Å²) in [5.74, 6) is 0.943. The number of Topliss-reactive ketones (excluding diaryl/α,β-unsaturated/α-hetero) is 1. The minimum absolute atomic E-state index is 0.0938. The van der Waals surface area contributed by atoms with Gasteiger partial charge in [-0.3, -0.25) is 9.59 Å². The van der Waals surface area contributed by atoms with Gasteiger partial charge in [-0.15, -0.1) is 0 Å². The topological polar surface area (TPSA) is 84.1 Å². The van der Waals surface area contributed by atoms with Crippen LogP contribution in [0.4, 0.5) is 5.82 Å². The second-order valence-corrected chi connectivity index (χ2v) is 10.5. The van der Waals surface area contributed by atoms with E-state index in [9.17, 15) is 9.59 Å². The Labute approximate surface area is 209 Å². The number of carbonyl (C=O) groups is 1. The smallest absolute Gasteiger partial charge is 0.257 e. The fourth-order valence-electron chi connectivity index (χ4n) is 4.60. The summed E-state index contributed by atoms with van der Waals surface area (Å²) in [6, 6.07) is 17.7. The molecule has 2 aromatic carbocycles. The van der Waals surface area contributed by atoms with E-state index in [0.29, 0.717) is 40.4 Å². The summed E-state index contributed by atoms with van der Waals surface area (Å²) in [5.41, 5.74) is 3.86. The lowest BCUT2D eigenvalue weighted by Gasteiger charge is -2.33. The zero-order valence-corrected chi connectivity index (χ0v) is 20.8. The van der Waals surface area contributed by atoms with Gasteiger partial charge in [0, 0.05) is 28.9 Å². The van der Waals surface area contributed by atoms with E-state index in [0.717, 1.165) is 41.8 Å². The normalized spacial score (nSPS) is 17.9. The molecule has 0 fully saturated rings. The molecule has 0 amide bonds. The van der Waals surface area contributed by atoms with Gasteiger partial charge in [-0.1, -0.05) is 68.1 Å². The summed E-state index contributed by atoms with van der Waals surface area (Å²) in [6.45, 7) is 4.70. The molecule has 3 aromatic rings. The van der Waals surface area contributed by atoms with E-state index < -0.39 is 5.92 Å². The highest BCUT2D eigenvalue weighted by atomic mass is 32.2. The average molecular weight is 488 g/mol. The number of hydrogen-bond donors (Lipinski definition) is 2. The van der Waals surface area contributed by atoms with Crippen molar-refractivity contribution in [3.8, 4) is 5.75 Å². The van der Waals surface area contributed by atoms with E-state index >= 15 is 0 Å². The van der Waals surface area contributed by atoms with Crippen LogP contribution in [0, 0.1) is 0 Å². The Morgan fingerprint density at radius 2 is 1.86 bits per heavy atom. The average Bonchev–Trinajstić information content (AvgIpc) is 2.87. The second kappa shape index (κ2) is 10.1. The number of ether oxygens (including phenoxy) is 1. The van der Waals surface area contributed by atoms with Crippen LogP contribution in [0.5, 0.6) is 5.75 Å². The van der Waals surface area contributed by atoms with Gasteiger partial charge < -0.3 is 15.0 Å². The molecule has 5 rings (SSSR count). The lowest BCUT2D eigenvalue weighted by atomic mass is 9.76. The molecule has 2 N–H and O–H groups in total. The van der Waals surface area contributed by atoms with Gasteiger partial charge >= 0.3 is 0 Å². The summed E-state index contributed by atoms with van der Waals surface area (Å²) in [4.78, 5) is 34.1. The molecule has 0 spiro atoms. The molecule has 2 heterocycles. The van der Waals surface area contributed by atoms with Crippen LogP contribution in [0.1, 0.15) is 62.1 Å². The van der Waals surface area contributed by atoms with Crippen molar-refractivity contribution in [2.24, 2.45) is 0 Å². The van der Waals surface area contributed by atoms with Gasteiger partial charge in [-0.25, -0.2) is 4.98 Å². The molecule has 1 aliphatic carbocycles. The van der Waals surface area contributed by atoms with Crippen molar-refractivity contribution in [2.75, 3.05) is 5.32 Å². The van der Waals surface area contributed by atoms with Crippen LogP contribution >= 0.6 is 11.8 Å². The third-order valence-electron chi connectivity index (χ3n) is 6.59. The number of anilines is 1. The molecule has 0 radical (unpaired) electrons. The molecule has 1 aromatic heterocycles. The van der Waals surface area contributed by atoms with Crippen LogP contribution in [0.25, 0.3) is 0 Å². The molecule has 2 aliphatic rings. The van der Waals surface area contributed by atoms with Crippen molar-refractivity contribution in [3.63, 3.8) is 0 Å². The first-order valence-electron chi connectivity index (χ1n) is 12.1. The quantitative estimate of drug-likeness (QED) is 0.323. The highest BCUT2D eigenvalue weighted by Crippen LogP contribution is 2.43. The number of nitrogens with one attached hydrogen (secondary N) is 2. The van der Waals surface area contributed by atoms with Crippen molar-refractivity contribution >= 4 is 23.4 Å². The number of hydrogen-bond acceptors (Lipinski definition) is 6. The Balaban J connectivity index is 1.50. The van der Waals surface area contributed by atoms with Gasteiger partial charge in [0.2, 0.25) is 0 Å². The minimum atomic E-state index is -0.448. The second-order valence-electron chi connectivity index (χ2n) is 9.04. The maximum atomic E-state index is 13.3.